The van der Waals surface area contributed by atoms with Gasteiger partial charge in [0.15, 0.2) is 23.1 Å². The van der Waals surface area contributed by atoms with Crippen molar-refractivity contribution in [3.8, 4) is 0 Å². The molecule has 11 nitrogen and oxygen atoms in total. The summed E-state index contributed by atoms with van der Waals surface area (Å²) in [5.74, 6) is -2.31. The number of hydrogen-bond acceptors (Lipinski definition) is 11. The first-order chi connectivity index (χ1) is 18.0. The molecule has 202 valence electrons. The average Bonchev–Trinajstić information content (AvgIpc) is 2.87. The number of piperazine rings is 1. The van der Waals surface area contributed by atoms with Crippen molar-refractivity contribution < 1.29 is 43.3 Å². The predicted molar refractivity (Wildman–Crippen MR) is 130 cm³/mol. The number of esters is 1. The van der Waals surface area contributed by atoms with Gasteiger partial charge in [0.2, 0.25) is 11.6 Å². The van der Waals surface area contributed by atoms with E-state index in [4.69, 9.17) is 14.2 Å². The molecule has 0 aromatic heterocycles. The van der Waals surface area contributed by atoms with Crippen molar-refractivity contribution in [2.75, 3.05) is 27.9 Å². The van der Waals surface area contributed by atoms with Crippen LogP contribution in [0.4, 0.5) is 0 Å². The van der Waals surface area contributed by atoms with E-state index in [1.54, 1.807) is 18.9 Å². The molecule has 0 amide bonds. The molecule has 1 fully saturated rings. The van der Waals surface area contributed by atoms with Crippen molar-refractivity contribution in [3.63, 3.8) is 0 Å². The fraction of sp³-hybridized carbons (Fsp3) is 0.519. The summed E-state index contributed by atoms with van der Waals surface area (Å²) in [5.41, 5.74) is 1.32. The Bertz CT molecular complexity index is 1330. The number of carbonyl (C=O) groups excluding carboxylic acids is 5. The first-order valence-corrected chi connectivity index (χ1v) is 12.4. The fourth-order valence-corrected chi connectivity index (χ4v) is 6.78. The Morgan fingerprint density at radius 2 is 1.37 bits per heavy atom. The molecule has 11 heteroatoms. The number of aliphatic hydroxyl groups excluding tert-OH is 1. The summed E-state index contributed by atoms with van der Waals surface area (Å²) in [5, 5.41) is 11.7. The van der Waals surface area contributed by atoms with Crippen LogP contribution < -0.4 is 0 Å². The third kappa shape index (κ3) is 3.41. The number of Topliss-reactive ketones (excluding diaryl/α,β-unsaturated/α-hetero) is 4. The summed E-state index contributed by atoms with van der Waals surface area (Å²) >= 11 is 0. The van der Waals surface area contributed by atoms with Crippen LogP contribution in [0.15, 0.2) is 45.0 Å². The summed E-state index contributed by atoms with van der Waals surface area (Å²) in [7, 11) is 4.41. The number of fused-ring (bicyclic) bond motifs is 5. The van der Waals surface area contributed by atoms with Gasteiger partial charge < -0.3 is 19.3 Å². The molecule has 5 rings (SSSR count). The SMILES string of the molecule is COC1=C(C)C(=O)C2=C(C1=O)[C@H]1[C@H]3CC4=C(C(=O)C(OC)=C(C)C4=O)[C@H](COC(C)=O)N3[C@@H](O)[C@H](C2)N1C. The van der Waals surface area contributed by atoms with Gasteiger partial charge in [-0.15, -0.1) is 0 Å². The first-order valence-electron chi connectivity index (χ1n) is 12.4. The standard InChI is InChI=1S/C27H30N2O9/c1-10-21(31)13-7-15-20-19-14(22(32)11(2)26(37-6)24(19)34)8-16(28(20)4)27(35)29(15)17(9-38-12(3)30)18(13)23(33)25(10)36-5/h15-17,20,27,35H,7-9H2,1-6H3/t15-,16+,17+,20-,27+/m1/s1. The summed E-state index contributed by atoms with van der Waals surface area (Å²) in [6, 6.07) is -2.93. The van der Waals surface area contributed by atoms with E-state index in [1.807, 2.05) is 4.90 Å². The number of ketones is 4. The predicted octanol–water partition coefficient (Wildman–Crippen LogP) is 0.135. The second kappa shape index (κ2) is 9.11. The molecule has 3 heterocycles. The molecule has 5 aliphatic rings. The van der Waals surface area contributed by atoms with E-state index in [2.05, 4.69) is 0 Å². The number of allylic oxidation sites excluding steroid dienone is 4. The van der Waals surface area contributed by atoms with E-state index in [0.717, 1.165) is 0 Å². The summed E-state index contributed by atoms with van der Waals surface area (Å²) < 4.78 is 15.9. The van der Waals surface area contributed by atoms with Gasteiger partial charge in [-0.2, -0.15) is 0 Å². The number of ether oxygens (including phenoxy) is 3. The zero-order chi connectivity index (χ0) is 27.8. The van der Waals surface area contributed by atoms with Crippen molar-refractivity contribution in [2.24, 2.45) is 0 Å². The minimum atomic E-state index is -1.19. The second-order valence-corrected chi connectivity index (χ2v) is 10.2. The zero-order valence-electron chi connectivity index (χ0n) is 22.1. The molecular formula is C27H30N2O9. The van der Waals surface area contributed by atoms with Crippen LogP contribution in [-0.4, -0.2) is 102 Å². The maximum absolute atomic E-state index is 13.7. The smallest absolute Gasteiger partial charge is 0.302 e. The van der Waals surface area contributed by atoms with Crippen LogP contribution in [0.3, 0.4) is 0 Å². The van der Waals surface area contributed by atoms with Gasteiger partial charge in [0.1, 0.15) is 12.8 Å². The fourth-order valence-electron chi connectivity index (χ4n) is 6.78. The number of aliphatic hydroxyl groups is 1. The van der Waals surface area contributed by atoms with Gasteiger partial charge in [0.25, 0.3) is 0 Å². The molecule has 1 saturated heterocycles. The van der Waals surface area contributed by atoms with Gasteiger partial charge in [-0.1, -0.05) is 0 Å². The lowest BCUT2D eigenvalue weighted by Gasteiger charge is -2.60. The molecular weight excluding hydrogens is 496 g/mol. The van der Waals surface area contributed by atoms with Gasteiger partial charge >= 0.3 is 5.97 Å². The number of methoxy groups -OCH3 is 2. The maximum Gasteiger partial charge on any atom is 0.302 e. The summed E-state index contributed by atoms with van der Waals surface area (Å²) in [4.78, 5) is 69.3. The van der Waals surface area contributed by atoms with Crippen LogP contribution in [-0.2, 0) is 38.2 Å². The molecule has 5 atom stereocenters. The molecule has 1 N–H and O–H groups in total. The van der Waals surface area contributed by atoms with Gasteiger partial charge in [0, 0.05) is 46.4 Å². The second-order valence-electron chi connectivity index (χ2n) is 10.2. The molecule has 0 aromatic rings. The minimum absolute atomic E-state index is 0.0297. The lowest BCUT2D eigenvalue weighted by molar-refractivity contribution is -0.171. The normalized spacial score (nSPS) is 31.9. The molecule has 0 radical (unpaired) electrons. The van der Waals surface area contributed by atoms with Gasteiger partial charge in [-0.25, -0.2) is 0 Å². The van der Waals surface area contributed by atoms with Crippen LogP contribution >= 0.6 is 0 Å². The topological polar surface area (TPSA) is 140 Å². The quantitative estimate of drug-likeness (QED) is 0.395. The largest absolute Gasteiger partial charge is 0.492 e. The van der Waals surface area contributed by atoms with Crippen LogP contribution in [0, 0.1) is 0 Å². The van der Waals surface area contributed by atoms with Crippen LogP contribution in [0.1, 0.15) is 33.6 Å². The van der Waals surface area contributed by atoms with E-state index >= 15 is 0 Å². The number of carbonyl (C=O) groups is 5. The highest BCUT2D eigenvalue weighted by molar-refractivity contribution is 6.26. The molecule has 0 aromatic carbocycles. The molecule has 2 aliphatic carbocycles. The van der Waals surface area contributed by atoms with Crippen molar-refractivity contribution >= 4 is 29.1 Å². The number of rotatable bonds is 4. The highest BCUT2D eigenvalue weighted by atomic mass is 16.5. The maximum atomic E-state index is 13.7. The van der Waals surface area contributed by atoms with Gasteiger partial charge in [-0.05, 0) is 33.7 Å². The number of nitrogens with zero attached hydrogens (tertiary/aromatic N) is 2. The van der Waals surface area contributed by atoms with Gasteiger partial charge in [-0.3, -0.25) is 33.8 Å². The Hall–Kier alpha value is -3.41. The highest BCUT2D eigenvalue weighted by Crippen LogP contribution is 2.48. The molecule has 3 aliphatic heterocycles. The molecule has 38 heavy (non-hydrogen) atoms. The van der Waals surface area contributed by atoms with E-state index < -0.39 is 47.9 Å². The number of likely N-dealkylation sites (N-methyl/N-ethyl adjacent to an activating group) is 1. The molecule has 0 spiro atoms. The van der Waals surface area contributed by atoms with Crippen molar-refractivity contribution in [1.82, 2.24) is 9.80 Å². The third-order valence-electron chi connectivity index (χ3n) is 8.49. The highest BCUT2D eigenvalue weighted by Gasteiger charge is 2.59. The Morgan fingerprint density at radius 3 is 1.89 bits per heavy atom. The average molecular weight is 527 g/mol. The zero-order valence-corrected chi connectivity index (χ0v) is 22.1. The Labute approximate surface area is 219 Å². The Kier molecular flexibility index (Phi) is 6.28. The van der Waals surface area contributed by atoms with E-state index in [1.165, 1.54) is 28.1 Å². The molecule has 2 bridgehead atoms. The van der Waals surface area contributed by atoms with Crippen molar-refractivity contribution in [2.45, 2.75) is 64.0 Å². The Morgan fingerprint density at radius 1 is 0.868 bits per heavy atom. The minimum Gasteiger partial charge on any atom is -0.492 e. The van der Waals surface area contributed by atoms with Crippen molar-refractivity contribution in [1.29, 1.82) is 0 Å². The van der Waals surface area contributed by atoms with Crippen LogP contribution in [0.5, 0.6) is 0 Å². The third-order valence-corrected chi connectivity index (χ3v) is 8.49. The van der Waals surface area contributed by atoms with E-state index in [-0.39, 0.29) is 70.4 Å². The van der Waals surface area contributed by atoms with Crippen LogP contribution in [0.2, 0.25) is 0 Å². The lowest BCUT2D eigenvalue weighted by atomic mass is 9.68. The summed E-state index contributed by atoms with van der Waals surface area (Å²) in [6.45, 7) is 3.99. The summed E-state index contributed by atoms with van der Waals surface area (Å²) in [6.07, 6.45) is -1.05. The molecule has 0 unspecified atom stereocenters. The van der Waals surface area contributed by atoms with Crippen LogP contribution in [0.25, 0.3) is 0 Å². The van der Waals surface area contributed by atoms with Crippen molar-refractivity contribution in [3.05, 3.63) is 45.0 Å². The molecule has 0 saturated carbocycles. The van der Waals surface area contributed by atoms with E-state index in [0.29, 0.717) is 5.57 Å². The van der Waals surface area contributed by atoms with E-state index in [9.17, 15) is 29.1 Å². The monoisotopic (exact) mass is 526 g/mol. The lowest BCUT2D eigenvalue weighted by Crippen LogP contribution is -2.74. The van der Waals surface area contributed by atoms with Gasteiger partial charge in [0.05, 0.1) is 32.3 Å². The Balaban J connectivity index is 1.69. The first kappa shape index (κ1) is 26.2. The number of hydrogen-bond donors (Lipinski definition) is 1.